The van der Waals surface area contributed by atoms with E-state index in [1.54, 1.807) is 11.0 Å². The van der Waals surface area contributed by atoms with Gasteiger partial charge in [-0.05, 0) is 49.8 Å². The molecular formula is C22H28FN5O4. The molecule has 1 aliphatic carbocycles. The Kier molecular flexibility index (Phi) is 6.14. The standard InChI is InChI=1S/C22H28FN5O4/c1-15-5-7-22(8-6-15)20(31)28(21(32)24-22)25-18(29)14-26-9-11-27(12-10-26)19(30)16-3-2-4-17(23)13-16/h2-4,13,15H,5-12,14H2,1H3,(H,24,32)(H,25,29). The van der Waals surface area contributed by atoms with Crippen molar-refractivity contribution in [1.82, 2.24) is 25.6 Å². The van der Waals surface area contributed by atoms with Crippen LogP contribution in [-0.2, 0) is 9.59 Å². The maximum absolute atomic E-state index is 13.4. The highest BCUT2D eigenvalue weighted by molar-refractivity contribution is 6.08. The molecule has 9 nitrogen and oxygen atoms in total. The summed E-state index contributed by atoms with van der Waals surface area (Å²) in [6, 6.07) is 4.97. The Labute approximate surface area is 185 Å². The minimum atomic E-state index is -0.903. The van der Waals surface area contributed by atoms with E-state index < -0.39 is 29.2 Å². The Morgan fingerprint density at radius 1 is 1.16 bits per heavy atom. The fourth-order valence-electron chi connectivity index (χ4n) is 4.59. The normalized spacial score (nSPS) is 26.4. The number of urea groups is 1. The summed E-state index contributed by atoms with van der Waals surface area (Å²) in [5, 5.41) is 3.58. The summed E-state index contributed by atoms with van der Waals surface area (Å²) in [4.78, 5) is 53.7. The third-order valence-electron chi connectivity index (χ3n) is 6.62. The average Bonchev–Trinajstić information content (AvgIpc) is 3.00. The molecule has 2 N–H and O–H groups in total. The van der Waals surface area contributed by atoms with Crippen LogP contribution < -0.4 is 10.7 Å². The Balaban J connectivity index is 1.27. The molecule has 1 spiro atoms. The fourth-order valence-corrected chi connectivity index (χ4v) is 4.59. The molecule has 0 atom stereocenters. The van der Waals surface area contributed by atoms with Crippen molar-refractivity contribution < 1.29 is 23.6 Å². The molecule has 0 radical (unpaired) electrons. The zero-order chi connectivity index (χ0) is 22.9. The first-order valence-electron chi connectivity index (χ1n) is 11.0. The lowest BCUT2D eigenvalue weighted by atomic mass is 9.77. The Morgan fingerprint density at radius 2 is 1.84 bits per heavy atom. The van der Waals surface area contributed by atoms with Gasteiger partial charge in [-0.15, -0.1) is 0 Å². The molecule has 3 fully saturated rings. The summed E-state index contributed by atoms with van der Waals surface area (Å²) in [5.74, 6) is -1.05. The molecule has 0 unspecified atom stereocenters. The average molecular weight is 445 g/mol. The van der Waals surface area contributed by atoms with Gasteiger partial charge < -0.3 is 10.2 Å². The van der Waals surface area contributed by atoms with E-state index >= 15 is 0 Å². The number of amides is 5. The van der Waals surface area contributed by atoms with Gasteiger partial charge in [0.15, 0.2) is 0 Å². The molecule has 32 heavy (non-hydrogen) atoms. The second-order valence-corrected chi connectivity index (χ2v) is 8.95. The van der Waals surface area contributed by atoms with Crippen molar-refractivity contribution in [3.63, 3.8) is 0 Å². The molecule has 0 bridgehead atoms. The fraction of sp³-hybridized carbons (Fsp3) is 0.545. The number of hydrazine groups is 1. The molecular weight excluding hydrogens is 417 g/mol. The van der Waals surface area contributed by atoms with E-state index in [4.69, 9.17) is 0 Å². The van der Waals surface area contributed by atoms with Gasteiger partial charge in [0.2, 0.25) is 0 Å². The minimum absolute atomic E-state index is 0.00307. The summed E-state index contributed by atoms with van der Waals surface area (Å²) in [5.41, 5.74) is 1.83. The van der Waals surface area contributed by atoms with Crippen LogP contribution in [0.2, 0.25) is 0 Å². The number of imide groups is 1. The number of nitrogens with one attached hydrogen (secondary N) is 2. The maximum atomic E-state index is 13.4. The number of hydrogen-bond acceptors (Lipinski definition) is 5. The van der Waals surface area contributed by atoms with E-state index in [1.165, 1.54) is 18.2 Å². The second kappa shape index (κ2) is 8.85. The van der Waals surface area contributed by atoms with Gasteiger partial charge >= 0.3 is 6.03 Å². The van der Waals surface area contributed by atoms with Crippen LogP contribution in [0, 0.1) is 11.7 Å². The van der Waals surface area contributed by atoms with Crippen molar-refractivity contribution in [1.29, 1.82) is 0 Å². The lowest BCUT2D eigenvalue weighted by Crippen LogP contribution is -2.55. The third kappa shape index (κ3) is 4.45. The largest absolute Gasteiger partial charge is 0.344 e. The van der Waals surface area contributed by atoms with Crippen molar-refractivity contribution in [2.75, 3.05) is 32.7 Å². The Hall–Kier alpha value is -3.01. The number of piperazine rings is 1. The van der Waals surface area contributed by atoms with Crippen LogP contribution in [-0.4, -0.2) is 76.8 Å². The molecule has 2 heterocycles. The van der Waals surface area contributed by atoms with Crippen LogP contribution in [0.5, 0.6) is 0 Å². The number of nitrogens with zero attached hydrogens (tertiary/aromatic N) is 3. The SMILES string of the molecule is CC1CCC2(CC1)NC(=O)N(NC(=O)CN1CCN(C(=O)c3cccc(F)c3)CC1)C2=O. The summed E-state index contributed by atoms with van der Waals surface area (Å²) in [6.45, 7) is 3.83. The molecule has 172 valence electrons. The highest BCUT2D eigenvalue weighted by Crippen LogP contribution is 2.35. The smallest absolute Gasteiger partial charge is 0.336 e. The summed E-state index contributed by atoms with van der Waals surface area (Å²) < 4.78 is 13.4. The van der Waals surface area contributed by atoms with Crippen molar-refractivity contribution in [3.8, 4) is 0 Å². The molecule has 2 aliphatic heterocycles. The van der Waals surface area contributed by atoms with E-state index in [9.17, 15) is 23.6 Å². The van der Waals surface area contributed by atoms with Gasteiger partial charge in [0.1, 0.15) is 11.4 Å². The molecule has 10 heteroatoms. The van der Waals surface area contributed by atoms with Crippen molar-refractivity contribution in [2.45, 2.75) is 38.1 Å². The molecule has 1 aromatic carbocycles. The number of rotatable bonds is 4. The number of halogens is 1. The summed E-state index contributed by atoms with van der Waals surface area (Å²) in [7, 11) is 0. The van der Waals surface area contributed by atoms with Crippen molar-refractivity contribution in [3.05, 3.63) is 35.6 Å². The van der Waals surface area contributed by atoms with Gasteiger partial charge in [0, 0.05) is 31.7 Å². The van der Waals surface area contributed by atoms with Gasteiger partial charge in [-0.3, -0.25) is 24.7 Å². The Bertz CT molecular complexity index is 923. The van der Waals surface area contributed by atoms with Gasteiger partial charge in [-0.1, -0.05) is 13.0 Å². The molecule has 5 amide bonds. The molecule has 1 aromatic rings. The molecule has 4 rings (SSSR count). The predicted molar refractivity (Wildman–Crippen MR) is 113 cm³/mol. The lowest BCUT2D eigenvalue weighted by molar-refractivity contribution is -0.140. The van der Waals surface area contributed by atoms with Gasteiger partial charge in [0.25, 0.3) is 17.7 Å². The van der Waals surface area contributed by atoms with Crippen LogP contribution >= 0.6 is 0 Å². The van der Waals surface area contributed by atoms with Crippen molar-refractivity contribution in [2.24, 2.45) is 5.92 Å². The molecule has 2 saturated heterocycles. The first kappa shape index (κ1) is 22.2. The third-order valence-corrected chi connectivity index (χ3v) is 6.62. The molecule has 1 saturated carbocycles. The maximum Gasteiger partial charge on any atom is 0.344 e. The van der Waals surface area contributed by atoms with E-state index in [0.29, 0.717) is 50.5 Å². The van der Waals surface area contributed by atoms with Crippen LogP contribution in [0.25, 0.3) is 0 Å². The first-order chi connectivity index (χ1) is 15.3. The van der Waals surface area contributed by atoms with E-state index in [1.807, 2.05) is 4.90 Å². The van der Waals surface area contributed by atoms with Gasteiger partial charge in [-0.2, -0.15) is 5.01 Å². The molecule has 3 aliphatic rings. The van der Waals surface area contributed by atoms with E-state index in [2.05, 4.69) is 17.7 Å². The predicted octanol–water partition coefficient (Wildman–Crippen LogP) is 1.12. The highest BCUT2D eigenvalue weighted by Gasteiger charge is 2.52. The zero-order valence-corrected chi connectivity index (χ0v) is 18.1. The topological polar surface area (TPSA) is 102 Å². The number of carbonyl (C=O) groups is 4. The van der Waals surface area contributed by atoms with E-state index in [0.717, 1.165) is 17.9 Å². The summed E-state index contributed by atoms with van der Waals surface area (Å²) >= 11 is 0. The van der Waals surface area contributed by atoms with Gasteiger partial charge in [-0.25, -0.2) is 9.18 Å². The van der Waals surface area contributed by atoms with Crippen molar-refractivity contribution >= 4 is 23.8 Å². The van der Waals surface area contributed by atoms with Gasteiger partial charge in [0.05, 0.1) is 6.54 Å². The minimum Gasteiger partial charge on any atom is -0.336 e. The zero-order valence-electron chi connectivity index (χ0n) is 18.1. The lowest BCUT2D eigenvalue weighted by Gasteiger charge is -2.34. The molecule has 0 aromatic heterocycles. The van der Waals surface area contributed by atoms with E-state index in [-0.39, 0.29) is 12.5 Å². The number of hydrogen-bond donors (Lipinski definition) is 2. The monoisotopic (exact) mass is 445 g/mol. The van der Waals surface area contributed by atoms with Crippen LogP contribution in [0.15, 0.2) is 24.3 Å². The number of benzene rings is 1. The van der Waals surface area contributed by atoms with Crippen LogP contribution in [0.3, 0.4) is 0 Å². The Morgan fingerprint density at radius 3 is 2.50 bits per heavy atom. The highest BCUT2D eigenvalue weighted by atomic mass is 19.1. The quantitative estimate of drug-likeness (QED) is 0.677. The second-order valence-electron chi connectivity index (χ2n) is 8.95. The summed E-state index contributed by atoms with van der Waals surface area (Å²) in [6.07, 6.45) is 2.86. The van der Waals surface area contributed by atoms with Crippen LogP contribution in [0.1, 0.15) is 43.0 Å². The van der Waals surface area contributed by atoms with Crippen LogP contribution in [0.4, 0.5) is 9.18 Å². The first-order valence-corrected chi connectivity index (χ1v) is 11.0. The number of carbonyl (C=O) groups excluding carboxylic acids is 4.